The molecule has 0 saturated carbocycles. The van der Waals surface area contributed by atoms with Crippen LogP contribution in [-0.4, -0.2) is 16.3 Å². The van der Waals surface area contributed by atoms with Crippen LogP contribution in [-0.2, 0) is 11.3 Å². The average Bonchev–Trinajstić information content (AvgIpc) is 2.34. The molecule has 1 aromatic carbocycles. The lowest BCUT2D eigenvalue weighted by Crippen LogP contribution is -2.47. The van der Waals surface area contributed by atoms with Gasteiger partial charge in [-0.3, -0.25) is 0 Å². The molecule has 0 atom stereocenters. The Morgan fingerprint density at radius 2 is 1.53 bits per heavy atom. The number of benzene rings is 1. The highest BCUT2D eigenvalue weighted by Crippen LogP contribution is 2.26. The van der Waals surface area contributed by atoms with E-state index in [1.54, 1.807) is 39.8 Å². The van der Waals surface area contributed by atoms with Crippen LogP contribution in [0.5, 0.6) is 0 Å². The maximum atomic E-state index is 10.00. The van der Waals surface area contributed by atoms with E-state index >= 15 is 0 Å². The summed E-state index contributed by atoms with van der Waals surface area (Å²) in [4.78, 5) is 0. The summed E-state index contributed by atoms with van der Waals surface area (Å²) < 4.78 is 5.71. The van der Waals surface area contributed by atoms with Crippen LogP contribution in [0.25, 0.3) is 0 Å². The van der Waals surface area contributed by atoms with Crippen molar-refractivity contribution in [1.82, 2.24) is 0 Å². The molecule has 0 saturated heterocycles. The van der Waals surface area contributed by atoms with E-state index in [4.69, 9.17) is 15.3 Å². The molecule has 0 aliphatic carbocycles. The fourth-order valence-corrected chi connectivity index (χ4v) is 1.34. The molecule has 0 radical (unpaired) electrons. The fraction of sp³-hybridized carbons (Fsp3) is 0.467. The van der Waals surface area contributed by atoms with Crippen LogP contribution in [0.2, 0.25) is 0 Å². The van der Waals surface area contributed by atoms with Crippen molar-refractivity contribution in [2.45, 2.75) is 45.5 Å². The normalized spacial score (nSPS) is 11.7. The van der Waals surface area contributed by atoms with E-state index in [1.165, 1.54) is 6.07 Å². The predicted molar refractivity (Wildman–Crippen MR) is 71.0 cm³/mol. The fourth-order valence-electron chi connectivity index (χ4n) is 1.34. The van der Waals surface area contributed by atoms with E-state index in [2.05, 4.69) is 0 Å². The second-order valence-corrected chi connectivity index (χ2v) is 5.50. The van der Waals surface area contributed by atoms with Gasteiger partial charge in [-0.25, -0.2) is 0 Å². The van der Waals surface area contributed by atoms with Gasteiger partial charge in [0.1, 0.15) is 0 Å². The molecule has 0 fully saturated rings. The molecule has 1 N–H and O–H groups in total. The van der Waals surface area contributed by atoms with Gasteiger partial charge in [-0.1, -0.05) is 0 Å². The van der Waals surface area contributed by atoms with Crippen LogP contribution in [0.4, 0.5) is 0 Å². The topological polar surface area (TPSA) is 77.0 Å². The maximum absolute atomic E-state index is 10.00. The number of nitrogens with zero attached hydrogens (tertiary/aromatic N) is 2. The monoisotopic (exact) mass is 258 g/mol. The highest BCUT2D eigenvalue weighted by Gasteiger charge is 2.35. The SMILES string of the molecule is CC(C)(O)C(C)(C)OCc1cc(C#N)cc(C#N)c1. The Morgan fingerprint density at radius 3 is 1.89 bits per heavy atom. The molecule has 0 heterocycles. The molecule has 0 unspecified atom stereocenters. The Morgan fingerprint density at radius 1 is 1.05 bits per heavy atom. The van der Waals surface area contributed by atoms with Gasteiger partial charge in [0.25, 0.3) is 0 Å². The van der Waals surface area contributed by atoms with Crippen molar-refractivity contribution >= 4 is 0 Å². The van der Waals surface area contributed by atoms with Gasteiger partial charge in [0, 0.05) is 0 Å². The van der Waals surface area contributed by atoms with E-state index in [1.807, 2.05) is 12.1 Å². The van der Waals surface area contributed by atoms with E-state index < -0.39 is 11.2 Å². The van der Waals surface area contributed by atoms with Gasteiger partial charge in [-0.2, -0.15) is 10.5 Å². The molecule has 4 nitrogen and oxygen atoms in total. The van der Waals surface area contributed by atoms with Crippen LogP contribution in [0, 0.1) is 22.7 Å². The number of rotatable bonds is 4. The van der Waals surface area contributed by atoms with Crippen LogP contribution in [0.1, 0.15) is 44.4 Å². The molecule has 1 rings (SSSR count). The number of hydrogen-bond acceptors (Lipinski definition) is 4. The predicted octanol–water partition coefficient (Wildman–Crippen LogP) is 2.50. The van der Waals surface area contributed by atoms with Gasteiger partial charge in [-0.05, 0) is 51.5 Å². The first-order chi connectivity index (χ1) is 8.69. The molecule has 0 aliphatic heterocycles. The Labute approximate surface area is 113 Å². The lowest BCUT2D eigenvalue weighted by molar-refractivity contribution is -0.153. The lowest BCUT2D eigenvalue weighted by Gasteiger charge is -2.37. The highest BCUT2D eigenvalue weighted by molar-refractivity contribution is 5.42. The third-order valence-electron chi connectivity index (χ3n) is 3.32. The molecule has 0 aliphatic rings. The maximum Gasteiger partial charge on any atom is 0.0992 e. The smallest absolute Gasteiger partial charge is 0.0992 e. The van der Waals surface area contributed by atoms with Gasteiger partial charge in [0.05, 0.1) is 41.1 Å². The largest absolute Gasteiger partial charge is 0.387 e. The molecule has 19 heavy (non-hydrogen) atoms. The minimum absolute atomic E-state index is 0.237. The van der Waals surface area contributed by atoms with Gasteiger partial charge in [0.15, 0.2) is 0 Å². The van der Waals surface area contributed by atoms with Crippen molar-refractivity contribution in [3.05, 3.63) is 34.9 Å². The van der Waals surface area contributed by atoms with Crippen LogP contribution < -0.4 is 0 Å². The summed E-state index contributed by atoms with van der Waals surface area (Å²) in [6.07, 6.45) is 0. The second-order valence-electron chi connectivity index (χ2n) is 5.50. The third kappa shape index (κ3) is 3.79. The van der Waals surface area contributed by atoms with Crippen LogP contribution >= 0.6 is 0 Å². The Hall–Kier alpha value is -1.88. The molecule has 0 amide bonds. The van der Waals surface area contributed by atoms with Crippen molar-refractivity contribution < 1.29 is 9.84 Å². The number of hydrogen-bond donors (Lipinski definition) is 1. The average molecular weight is 258 g/mol. The first kappa shape index (κ1) is 15.2. The number of ether oxygens (including phenoxy) is 1. The number of nitriles is 2. The van der Waals surface area contributed by atoms with Crippen molar-refractivity contribution in [2.75, 3.05) is 0 Å². The standard InChI is InChI=1S/C15H18N2O2/c1-14(2,18)15(3,4)19-10-13-6-11(8-16)5-12(7-13)9-17/h5-7,18H,10H2,1-4H3. The summed E-state index contributed by atoms with van der Waals surface area (Å²) in [5.41, 5.74) is -0.120. The van der Waals surface area contributed by atoms with Crippen LogP contribution in [0.3, 0.4) is 0 Å². The van der Waals surface area contributed by atoms with E-state index in [-0.39, 0.29) is 6.61 Å². The van der Waals surface area contributed by atoms with Crippen molar-refractivity contribution in [3.8, 4) is 12.1 Å². The minimum Gasteiger partial charge on any atom is -0.387 e. The summed E-state index contributed by atoms with van der Waals surface area (Å²) in [6, 6.07) is 8.92. The number of aliphatic hydroxyl groups is 1. The Kier molecular flexibility index (Phi) is 4.32. The molecule has 0 aromatic heterocycles. The van der Waals surface area contributed by atoms with Gasteiger partial charge < -0.3 is 9.84 Å². The summed E-state index contributed by atoms with van der Waals surface area (Å²) in [5.74, 6) is 0. The molecule has 100 valence electrons. The van der Waals surface area contributed by atoms with Crippen molar-refractivity contribution in [3.63, 3.8) is 0 Å². The molecular formula is C15H18N2O2. The molecule has 4 heteroatoms. The van der Waals surface area contributed by atoms with E-state index in [9.17, 15) is 5.11 Å². The summed E-state index contributed by atoms with van der Waals surface area (Å²) in [7, 11) is 0. The molecular weight excluding hydrogens is 240 g/mol. The summed E-state index contributed by atoms with van der Waals surface area (Å²) >= 11 is 0. The van der Waals surface area contributed by atoms with Gasteiger partial charge >= 0.3 is 0 Å². The highest BCUT2D eigenvalue weighted by atomic mass is 16.5. The molecule has 0 spiro atoms. The summed E-state index contributed by atoms with van der Waals surface area (Å²) in [5, 5.41) is 27.8. The second kappa shape index (κ2) is 5.40. The quantitative estimate of drug-likeness (QED) is 0.900. The zero-order valence-corrected chi connectivity index (χ0v) is 11.7. The van der Waals surface area contributed by atoms with Crippen molar-refractivity contribution in [1.29, 1.82) is 10.5 Å². The van der Waals surface area contributed by atoms with E-state index in [0.717, 1.165) is 5.56 Å². The first-order valence-corrected chi connectivity index (χ1v) is 6.00. The third-order valence-corrected chi connectivity index (χ3v) is 3.32. The lowest BCUT2D eigenvalue weighted by atomic mass is 9.89. The molecule has 0 bridgehead atoms. The van der Waals surface area contributed by atoms with Gasteiger partial charge in [-0.15, -0.1) is 0 Å². The van der Waals surface area contributed by atoms with Crippen molar-refractivity contribution in [2.24, 2.45) is 0 Å². The Balaban J connectivity index is 2.91. The minimum atomic E-state index is -0.988. The van der Waals surface area contributed by atoms with Crippen LogP contribution in [0.15, 0.2) is 18.2 Å². The zero-order valence-electron chi connectivity index (χ0n) is 11.7. The molecule has 1 aromatic rings. The van der Waals surface area contributed by atoms with E-state index in [0.29, 0.717) is 11.1 Å². The van der Waals surface area contributed by atoms with Gasteiger partial charge in [0.2, 0.25) is 0 Å². The zero-order chi connectivity index (χ0) is 14.7. The first-order valence-electron chi connectivity index (χ1n) is 6.00. The summed E-state index contributed by atoms with van der Waals surface area (Å²) in [6.45, 7) is 7.19. The Bertz CT molecular complexity index is 510.